The van der Waals surface area contributed by atoms with Gasteiger partial charge in [-0.25, -0.2) is 9.97 Å². The lowest BCUT2D eigenvalue weighted by atomic mass is 10.2. The average Bonchev–Trinajstić information content (AvgIpc) is 3.12. The Labute approximate surface area is 151 Å². The van der Waals surface area contributed by atoms with Gasteiger partial charge in [0.1, 0.15) is 11.3 Å². The minimum atomic E-state index is 0.683. The molecule has 26 heavy (non-hydrogen) atoms. The smallest absolute Gasteiger partial charge is 0.154 e. The fourth-order valence-corrected chi connectivity index (χ4v) is 2.83. The van der Waals surface area contributed by atoms with Crippen LogP contribution >= 0.6 is 0 Å². The van der Waals surface area contributed by atoms with E-state index in [1.54, 1.807) is 18.6 Å². The number of fused-ring (bicyclic) bond motifs is 1. The highest BCUT2D eigenvalue weighted by Crippen LogP contribution is 2.24. The summed E-state index contributed by atoms with van der Waals surface area (Å²) in [6.07, 6.45) is 5.33. The molecule has 0 atom stereocenters. The van der Waals surface area contributed by atoms with Gasteiger partial charge in [0.25, 0.3) is 0 Å². The summed E-state index contributed by atoms with van der Waals surface area (Å²) in [5, 5.41) is 3.41. The fourth-order valence-electron chi connectivity index (χ4n) is 2.83. The molecule has 0 aliphatic carbocycles. The highest BCUT2D eigenvalue weighted by Gasteiger charge is 2.10. The molecule has 0 unspecified atom stereocenters. The molecule has 4 aromatic rings. The lowest BCUT2D eigenvalue weighted by molar-refractivity contribution is 1.09. The molecule has 6 nitrogen and oxygen atoms in total. The molecule has 0 saturated heterocycles. The summed E-state index contributed by atoms with van der Waals surface area (Å²) in [5.41, 5.74) is 5.10. The number of H-pyrrole nitrogens is 1. The molecule has 2 N–H and O–H groups in total. The summed E-state index contributed by atoms with van der Waals surface area (Å²) >= 11 is 0. The zero-order valence-corrected chi connectivity index (χ0v) is 14.8. The lowest BCUT2D eigenvalue weighted by Crippen LogP contribution is -2.09. The largest absolute Gasteiger partial charge is 0.378 e. The van der Waals surface area contributed by atoms with Crippen LogP contribution in [0.15, 0.2) is 61.1 Å². The SMILES string of the molecule is CN(C)c1cccc(CNc2nccc3[nH]c(-c4cccnc4)nc23)c1. The molecule has 1 aromatic carbocycles. The number of nitrogens with one attached hydrogen (secondary N) is 2. The Balaban J connectivity index is 1.61. The third kappa shape index (κ3) is 3.21. The van der Waals surface area contributed by atoms with Crippen LogP contribution in [-0.4, -0.2) is 34.0 Å². The van der Waals surface area contributed by atoms with Gasteiger partial charge < -0.3 is 15.2 Å². The third-order valence-electron chi connectivity index (χ3n) is 4.22. The van der Waals surface area contributed by atoms with Crippen molar-refractivity contribution in [3.05, 3.63) is 66.6 Å². The van der Waals surface area contributed by atoms with Crippen LogP contribution < -0.4 is 10.2 Å². The number of aromatic nitrogens is 4. The number of hydrogen-bond acceptors (Lipinski definition) is 5. The van der Waals surface area contributed by atoms with Crippen molar-refractivity contribution in [2.75, 3.05) is 24.3 Å². The lowest BCUT2D eigenvalue weighted by Gasteiger charge is -2.14. The van der Waals surface area contributed by atoms with Gasteiger partial charge in [0, 0.05) is 50.5 Å². The summed E-state index contributed by atoms with van der Waals surface area (Å²) < 4.78 is 0. The summed E-state index contributed by atoms with van der Waals surface area (Å²) in [4.78, 5) is 18.8. The predicted molar refractivity (Wildman–Crippen MR) is 105 cm³/mol. The molecular formula is C20H20N6. The predicted octanol–water partition coefficient (Wildman–Crippen LogP) is 3.70. The topological polar surface area (TPSA) is 69.7 Å². The van der Waals surface area contributed by atoms with Gasteiger partial charge in [-0.2, -0.15) is 0 Å². The van der Waals surface area contributed by atoms with E-state index in [-0.39, 0.29) is 0 Å². The van der Waals surface area contributed by atoms with E-state index in [2.05, 4.69) is 49.4 Å². The van der Waals surface area contributed by atoms with Crippen molar-refractivity contribution in [1.82, 2.24) is 19.9 Å². The molecule has 0 aliphatic heterocycles. The van der Waals surface area contributed by atoms with E-state index in [9.17, 15) is 0 Å². The van der Waals surface area contributed by atoms with Crippen molar-refractivity contribution in [1.29, 1.82) is 0 Å². The molecule has 0 fully saturated rings. The van der Waals surface area contributed by atoms with Crippen LogP contribution in [0.3, 0.4) is 0 Å². The summed E-state index contributed by atoms with van der Waals surface area (Å²) in [7, 11) is 4.08. The van der Waals surface area contributed by atoms with E-state index < -0.39 is 0 Å². The van der Waals surface area contributed by atoms with Crippen molar-refractivity contribution in [2.45, 2.75) is 6.54 Å². The standard InChI is InChI=1S/C20H20N6/c1-26(2)16-7-3-5-14(11-16)12-23-20-18-17(8-10-22-20)24-19(25-18)15-6-4-9-21-13-15/h3-11,13H,12H2,1-2H3,(H,22,23)(H,24,25). The number of imidazole rings is 1. The molecule has 0 amide bonds. The molecule has 3 aromatic heterocycles. The number of anilines is 2. The first-order chi connectivity index (χ1) is 12.7. The molecule has 6 heteroatoms. The second-order valence-corrected chi connectivity index (χ2v) is 6.30. The second kappa shape index (κ2) is 6.84. The van der Waals surface area contributed by atoms with Crippen molar-refractivity contribution >= 4 is 22.5 Å². The third-order valence-corrected chi connectivity index (χ3v) is 4.22. The molecular weight excluding hydrogens is 324 g/mol. The minimum absolute atomic E-state index is 0.683. The van der Waals surface area contributed by atoms with Crippen LogP contribution in [-0.2, 0) is 6.54 Å². The first-order valence-electron chi connectivity index (χ1n) is 8.46. The van der Waals surface area contributed by atoms with E-state index in [0.29, 0.717) is 6.54 Å². The number of aromatic amines is 1. The van der Waals surface area contributed by atoms with Gasteiger partial charge in [-0.15, -0.1) is 0 Å². The molecule has 0 saturated carbocycles. The Bertz CT molecular complexity index is 1020. The Morgan fingerprint density at radius 1 is 1.08 bits per heavy atom. The Morgan fingerprint density at radius 3 is 2.81 bits per heavy atom. The van der Waals surface area contributed by atoms with Crippen LogP contribution in [0.1, 0.15) is 5.56 Å². The maximum atomic E-state index is 4.71. The number of hydrogen-bond donors (Lipinski definition) is 2. The maximum absolute atomic E-state index is 4.71. The van der Waals surface area contributed by atoms with Crippen molar-refractivity contribution in [2.24, 2.45) is 0 Å². The summed E-state index contributed by atoms with van der Waals surface area (Å²) in [5.74, 6) is 1.56. The minimum Gasteiger partial charge on any atom is -0.378 e. The zero-order valence-electron chi connectivity index (χ0n) is 14.8. The van der Waals surface area contributed by atoms with Crippen LogP contribution in [0.4, 0.5) is 11.5 Å². The quantitative estimate of drug-likeness (QED) is 0.578. The van der Waals surface area contributed by atoms with Gasteiger partial charge in [0.15, 0.2) is 5.82 Å². The first-order valence-corrected chi connectivity index (χ1v) is 8.46. The number of benzene rings is 1. The Kier molecular flexibility index (Phi) is 4.23. The summed E-state index contributed by atoms with van der Waals surface area (Å²) in [6.45, 7) is 0.683. The van der Waals surface area contributed by atoms with Crippen LogP contribution in [0, 0.1) is 0 Å². The average molecular weight is 344 g/mol. The van der Waals surface area contributed by atoms with Crippen molar-refractivity contribution < 1.29 is 0 Å². The van der Waals surface area contributed by atoms with E-state index in [1.807, 2.05) is 32.3 Å². The van der Waals surface area contributed by atoms with Gasteiger partial charge in [-0.3, -0.25) is 4.98 Å². The van der Waals surface area contributed by atoms with E-state index >= 15 is 0 Å². The van der Waals surface area contributed by atoms with Crippen LogP contribution in [0.5, 0.6) is 0 Å². The fraction of sp³-hybridized carbons (Fsp3) is 0.150. The molecule has 0 radical (unpaired) electrons. The number of pyridine rings is 2. The number of nitrogens with zero attached hydrogens (tertiary/aromatic N) is 4. The van der Waals surface area contributed by atoms with Gasteiger partial charge in [-0.05, 0) is 35.9 Å². The van der Waals surface area contributed by atoms with Gasteiger partial charge in [-0.1, -0.05) is 12.1 Å². The first kappa shape index (κ1) is 16.1. The summed E-state index contributed by atoms with van der Waals surface area (Å²) in [6, 6.07) is 14.2. The van der Waals surface area contributed by atoms with Crippen molar-refractivity contribution in [3.8, 4) is 11.4 Å². The van der Waals surface area contributed by atoms with E-state index in [1.165, 1.54) is 11.3 Å². The number of rotatable bonds is 5. The second-order valence-electron chi connectivity index (χ2n) is 6.30. The maximum Gasteiger partial charge on any atom is 0.154 e. The molecule has 130 valence electrons. The normalized spacial score (nSPS) is 10.8. The molecule has 4 rings (SSSR count). The molecule has 0 aliphatic rings. The zero-order chi connectivity index (χ0) is 17.9. The van der Waals surface area contributed by atoms with Gasteiger partial charge in [0.05, 0.1) is 5.52 Å². The monoisotopic (exact) mass is 344 g/mol. The molecule has 3 heterocycles. The molecule has 0 bridgehead atoms. The Morgan fingerprint density at radius 2 is 2.00 bits per heavy atom. The highest BCUT2D eigenvalue weighted by atomic mass is 15.1. The Hall–Kier alpha value is -3.41. The van der Waals surface area contributed by atoms with Crippen LogP contribution in [0.2, 0.25) is 0 Å². The van der Waals surface area contributed by atoms with Crippen molar-refractivity contribution in [3.63, 3.8) is 0 Å². The van der Waals surface area contributed by atoms with Crippen LogP contribution in [0.25, 0.3) is 22.4 Å². The molecule has 0 spiro atoms. The van der Waals surface area contributed by atoms with E-state index in [4.69, 9.17) is 4.98 Å². The highest BCUT2D eigenvalue weighted by molar-refractivity contribution is 5.88. The van der Waals surface area contributed by atoms with E-state index in [0.717, 1.165) is 28.2 Å². The van der Waals surface area contributed by atoms with Gasteiger partial charge in [0.2, 0.25) is 0 Å². The van der Waals surface area contributed by atoms with Gasteiger partial charge >= 0.3 is 0 Å².